The first-order valence-electron chi connectivity index (χ1n) is 29.5. The molecule has 21 nitrogen and oxygen atoms in total. The lowest BCUT2D eigenvalue weighted by atomic mass is 9.72. The Bertz CT molecular complexity index is 1880. The first kappa shape index (κ1) is 73.8. The Morgan fingerprint density at radius 3 is 1.46 bits per heavy atom. The highest BCUT2D eigenvalue weighted by Gasteiger charge is 2.41. The molecule has 0 amide bonds. The number of aromatic nitrogens is 6. The molecule has 2 aromatic rings. The second-order valence-electron chi connectivity index (χ2n) is 24.1. The molecule has 3 fully saturated rings. The van der Waals surface area contributed by atoms with Crippen LogP contribution >= 0.6 is 0 Å². The third-order valence-electron chi connectivity index (χ3n) is 16.4. The number of carbonyl (C=O) groups is 4. The Hall–Kier alpha value is -4.15. The van der Waals surface area contributed by atoms with Gasteiger partial charge < -0.3 is 54.5 Å². The van der Waals surface area contributed by atoms with E-state index in [1.165, 1.54) is 57.8 Å². The molecule has 0 bridgehead atoms. The summed E-state index contributed by atoms with van der Waals surface area (Å²) in [7, 11) is 0. The first-order chi connectivity index (χ1) is 36.8. The summed E-state index contributed by atoms with van der Waals surface area (Å²) >= 11 is 0. The van der Waals surface area contributed by atoms with Gasteiger partial charge in [0.1, 0.15) is 5.78 Å². The SMILES string of the molecule is CC(=O)CC1(CN)C[C@H](C)[C@@H](C)C1.CCC[C@@H](C)C[C@H](CN)CC(=O)O.CC[C@@H](C)C[C@H](N)CC(=O)O.CC[C@@H](C)C[C@H](N)CC(=O)O.NCC1(Cc2nn[nH]n2)CCCCCC1.NCC1(Cc2noc(=O)[nH]2)CCCCC1. The molecule has 78 heavy (non-hydrogen) atoms. The summed E-state index contributed by atoms with van der Waals surface area (Å²) in [6.45, 7) is 21.4. The van der Waals surface area contributed by atoms with E-state index in [2.05, 4.69) is 90.7 Å². The van der Waals surface area contributed by atoms with Crippen LogP contribution in [0.3, 0.4) is 0 Å². The number of hydrogen-bond donors (Lipinski definition) is 11. The molecule has 0 aromatic carbocycles. The monoisotopic (exact) mass is 1110 g/mol. The van der Waals surface area contributed by atoms with Crippen molar-refractivity contribution in [1.29, 1.82) is 0 Å². The van der Waals surface area contributed by atoms with Crippen molar-refractivity contribution in [2.45, 2.75) is 241 Å². The van der Waals surface area contributed by atoms with Crippen molar-refractivity contribution < 1.29 is 39.0 Å². The molecule has 2 heterocycles. The zero-order valence-corrected chi connectivity index (χ0v) is 49.9. The molecule has 0 saturated heterocycles. The summed E-state index contributed by atoms with van der Waals surface area (Å²) in [5.41, 5.74) is 34.7. The number of carboxylic acid groups (broad SMARTS) is 3. The summed E-state index contributed by atoms with van der Waals surface area (Å²) in [5.74, 6) is 2.16. The number of aromatic amines is 2. The molecule has 8 atom stereocenters. The smallest absolute Gasteiger partial charge is 0.438 e. The van der Waals surface area contributed by atoms with Crippen LogP contribution in [0.25, 0.3) is 0 Å². The number of carboxylic acids is 3. The van der Waals surface area contributed by atoms with Crippen molar-refractivity contribution in [2.75, 3.05) is 26.2 Å². The predicted molar refractivity (Wildman–Crippen MR) is 309 cm³/mol. The van der Waals surface area contributed by atoms with Gasteiger partial charge in [-0.05, 0) is 143 Å². The normalized spacial score (nSPS) is 20.3. The van der Waals surface area contributed by atoms with Crippen LogP contribution in [0.2, 0.25) is 0 Å². The molecular formula is C57H112N12O9. The van der Waals surface area contributed by atoms with E-state index in [1.807, 2.05) is 0 Å². The highest BCUT2D eigenvalue weighted by atomic mass is 16.5. The number of nitrogens with zero attached hydrogens (tertiary/aromatic N) is 4. The zero-order chi connectivity index (χ0) is 59.3. The second-order valence-corrected chi connectivity index (χ2v) is 24.1. The van der Waals surface area contributed by atoms with Crippen molar-refractivity contribution in [2.24, 2.45) is 86.2 Å². The lowest BCUT2D eigenvalue weighted by Gasteiger charge is -2.35. The van der Waals surface area contributed by atoms with Crippen LogP contribution in [0.15, 0.2) is 9.32 Å². The molecule has 0 spiro atoms. The largest absolute Gasteiger partial charge is 0.481 e. The third-order valence-corrected chi connectivity index (χ3v) is 16.4. The number of H-pyrrole nitrogens is 2. The Morgan fingerprint density at radius 1 is 0.667 bits per heavy atom. The molecular weight excluding hydrogens is 997 g/mol. The Labute approximate surface area is 467 Å². The van der Waals surface area contributed by atoms with Crippen LogP contribution in [0, 0.1) is 51.8 Å². The summed E-state index contributed by atoms with van der Waals surface area (Å²) in [4.78, 5) is 55.4. The predicted octanol–water partition coefficient (Wildman–Crippen LogP) is 8.14. The number of hydrogen-bond acceptors (Lipinski definition) is 16. The first-order valence-corrected chi connectivity index (χ1v) is 29.5. The van der Waals surface area contributed by atoms with Gasteiger partial charge >= 0.3 is 23.7 Å². The minimum Gasteiger partial charge on any atom is -0.481 e. The number of nitrogens with one attached hydrogen (secondary N) is 2. The molecule has 0 radical (unpaired) electrons. The van der Waals surface area contributed by atoms with Crippen LogP contribution in [0.4, 0.5) is 0 Å². The van der Waals surface area contributed by atoms with Crippen LogP contribution in [0.1, 0.15) is 228 Å². The molecule has 17 N–H and O–H groups in total. The molecule has 0 aliphatic heterocycles. The molecule has 3 aliphatic carbocycles. The van der Waals surface area contributed by atoms with E-state index in [1.54, 1.807) is 6.92 Å². The van der Waals surface area contributed by atoms with Gasteiger partial charge in [0.25, 0.3) is 0 Å². The standard InChI is InChI=1S/C11H21NO.C10H19N5.C10H17N3O2.C10H21NO2.2C8H17NO2/c1-8-4-11(7-12,5-9(8)2)6-10(3)13;11-8-10(5-3-1-2-4-6-10)7-9-12-14-15-13-9;11-7-10(4-2-1-3-5-10)6-8-12-9(14)15-13-8;1-3-4-8(2)5-9(7-11)6-10(12)13;2*1-3-6(2)4-7(9)5-8(10)11/h8-9H,4-7,12H2,1-3H3;1-8,11H2,(H,12,13,14,15);1-7,11H2,(H,12,13,14);8-9H,3-7,11H2,1-2H3,(H,12,13);2*6-7H,3-5,9H2,1-2H3,(H,10,11)/t8-,9-;;;8-,9+;2*6-,7+/m0..111/s1. The maximum absolute atomic E-state index is 11.1. The van der Waals surface area contributed by atoms with Gasteiger partial charge in [-0.2, -0.15) is 5.21 Å². The quantitative estimate of drug-likeness (QED) is 0.0396. The van der Waals surface area contributed by atoms with Gasteiger partial charge in [0.15, 0.2) is 11.6 Å². The van der Waals surface area contributed by atoms with E-state index < -0.39 is 23.7 Å². The fraction of sp³-hybridized carbons (Fsp3) is 0.877. The van der Waals surface area contributed by atoms with Crippen molar-refractivity contribution in [3.8, 4) is 0 Å². The van der Waals surface area contributed by atoms with Gasteiger partial charge in [-0.15, -0.1) is 10.2 Å². The summed E-state index contributed by atoms with van der Waals surface area (Å²) in [6.07, 6.45) is 25.6. The van der Waals surface area contributed by atoms with Crippen LogP contribution in [0.5, 0.6) is 0 Å². The lowest BCUT2D eigenvalue weighted by Crippen LogP contribution is -2.35. The number of tetrazole rings is 1. The van der Waals surface area contributed by atoms with Crippen molar-refractivity contribution in [3.05, 3.63) is 22.2 Å². The van der Waals surface area contributed by atoms with Gasteiger partial charge in [-0.25, -0.2) is 4.79 Å². The molecule has 21 heteroatoms. The van der Waals surface area contributed by atoms with Crippen molar-refractivity contribution in [1.82, 2.24) is 30.8 Å². The zero-order valence-electron chi connectivity index (χ0n) is 49.9. The van der Waals surface area contributed by atoms with Crippen molar-refractivity contribution in [3.63, 3.8) is 0 Å². The Morgan fingerprint density at radius 2 is 1.12 bits per heavy atom. The van der Waals surface area contributed by atoms with Gasteiger partial charge in [0.2, 0.25) is 0 Å². The minimum absolute atomic E-state index is 0.0876. The molecule has 454 valence electrons. The van der Waals surface area contributed by atoms with E-state index in [0.717, 1.165) is 108 Å². The topological polar surface area (TPSA) is 398 Å². The summed E-state index contributed by atoms with van der Waals surface area (Å²) < 4.78 is 4.49. The van der Waals surface area contributed by atoms with E-state index >= 15 is 0 Å². The number of rotatable bonds is 26. The average Bonchev–Trinajstić information content (AvgIpc) is 4.06. The maximum atomic E-state index is 11.1. The van der Waals surface area contributed by atoms with Gasteiger partial charge in [-0.1, -0.05) is 136 Å². The van der Waals surface area contributed by atoms with Crippen LogP contribution in [-0.2, 0) is 32.0 Å². The Kier molecular flexibility index (Phi) is 38.8. The third kappa shape index (κ3) is 33.4. The molecule has 2 aromatic heterocycles. The van der Waals surface area contributed by atoms with Crippen molar-refractivity contribution >= 4 is 23.7 Å². The summed E-state index contributed by atoms with van der Waals surface area (Å²) in [5, 5.41) is 43.3. The number of ketones is 1. The molecule has 0 unspecified atom stereocenters. The highest BCUT2D eigenvalue weighted by molar-refractivity contribution is 5.76. The average molecular weight is 1110 g/mol. The lowest BCUT2D eigenvalue weighted by molar-refractivity contribution is -0.139. The second kappa shape index (κ2) is 40.9. The van der Waals surface area contributed by atoms with Gasteiger partial charge in [0, 0.05) is 37.8 Å². The molecule has 3 aliphatic rings. The Balaban J connectivity index is 0.000000917. The maximum Gasteiger partial charge on any atom is 0.438 e. The van der Waals surface area contributed by atoms with Gasteiger partial charge in [0.05, 0.1) is 12.8 Å². The fourth-order valence-corrected chi connectivity index (χ4v) is 11.4. The number of nitrogens with two attached hydrogens (primary N) is 6. The van der Waals surface area contributed by atoms with Crippen LogP contribution < -0.4 is 40.2 Å². The fourth-order valence-electron chi connectivity index (χ4n) is 11.4. The number of Topliss-reactive ketones (excluding diaryl/α,β-unsaturated/α-hetero) is 1. The van der Waals surface area contributed by atoms with E-state index in [-0.39, 0.29) is 59.3 Å². The summed E-state index contributed by atoms with van der Waals surface area (Å²) in [6, 6.07) is -0.357. The van der Waals surface area contributed by atoms with E-state index in [0.29, 0.717) is 49.6 Å². The number of aliphatic carboxylic acids is 3. The van der Waals surface area contributed by atoms with Crippen LogP contribution in [-0.4, -0.2) is 108 Å². The minimum atomic E-state index is -0.805. The van der Waals surface area contributed by atoms with Gasteiger partial charge in [-0.3, -0.25) is 23.9 Å². The van der Waals surface area contributed by atoms with E-state index in [9.17, 15) is 24.0 Å². The number of carbonyl (C=O) groups excluding carboxylic acids is 1. The molecule has 5 rings (SSSR count). The highest BCUT2D eigenvalue weighted by Crippen LogP contribution is 2.47. The molecule has 3 saturated carbocycles. The van der Waals surface area contributed by atoms with E-state index in [4.69, 9.17) is 49.7 Å².